The molecule has 1 N–H and O–H groups in total. The number of carbonyl (C=O) groups is 3. The third-order valence-corrected chi connectivity index (χ3v) is 10.1. The van der Waals surface area contributed by atoms with Crippen molar-refractivity contribution in [2.45, 2.75) is 129 Å². The number of nitrogens with zero attached hydrogens (tertiary/aromatic N) is 1. The summed E-state index contributed by atoms with van der Waals surface area (Å²) in [5.41, 5.74) is 0. The first-order valence-electron chi connectivity index (χ1n) is 21.3. The van der Waals surface area contributed by atoms with Gasteiger partial charge in [0.25, 0.3) is 7.82 Å². The van der Waals surface area contributed by atoms with E-state index >= 15 is 0 Å². The third-order valence-electron chi connectivity index (χ3n) is 9.15. The molecule has 1 unspecified atom stereocenters. The van der Waals surface area contributed by atoms with Crippen LogP contribution in [0.25, 0.3) is 0 Å². The number of ketones is 1. The van der Waals surface area contributed by atoms with E-state index in [0.29, 0.717) is 43.1 Å². The monoisotopic (exact) mass is 832 g/mol. The quantitative estimate of drug-likeness (QED) is 0.0219. The van der Waals surface area contributed by atoms with Crippen LogP contribution in [-0.2, 0) is 37.5 Å². The van der Waals surface area contributed by atoms with Crippen molar-refractivity contribution in [3.63, 3.8) is 0 Å². The number of ether oxygens (including phenoxy) is 2. The molecule has 1 aliphatic carbocycles. The maximum absolute atomic E-state index is 12.8. The van der Waals surface area contributed by atoms with Gasteiger partial charge in [0.1, 0.15) is 19.8 Å². The predicted molar refractivity (Wildman–Crippen MR) is 230 cm³/mol. The van der Waals surface area contributed by atoms with Gasteiger partial charge in [-0.15, -0.1) is 0 Å². The Kier molecular flexibility index (Phi) is 29.7. The van der Waals surface area contributed by atoms with E-state index in [1.807, 2.05) is 45.4 Å². The van der Waals surface area contributed by atoms with Crippen molar-refractivity contribution in [1.29, 1.82) is 0 Å². The molecule has 0 amide bonds. The summed E-state index contributed by atoms with van der Waals surface area (Å²) in [4.78, 5) is 50.0. The molecule has 0 aliphatic heterocycles. The van der Waals surface area contributed by atoms with E-state index in [4.69, 9.17) is 18.5 Å². The summed E-state index contributed by atoms with van der Waals surface area (Å²) < 4.78 is 33.8. The molecule has 0 saturated carbocycles. The van der Waals surface area contributed by atoms with Gasteiger partial charge in [0.15, 0.2) is 11.9 Å². The highest BCUT2D eigenvalue weighted by Crippen LogP contribution is 2.38. The largest absolute Gasteiger partial charge is 0.756 e. The van der Waals surface area contributed by atoms with Gasteiger partial charge in [-0.3, -0.25) is 18.9 Å². The standard InChI is InChI=1S/C46H74NO10P/c1-6-8-10-11-12-13-14-15-16-17-18-19-20-21-26-30-45(50)54-38-42(39-56-58(52,53)55-37-36-47(3,4)5)57-46(51)31-27-23-22-25-28-40-32-35-44(49)43(40)34-33-41(48)29-24-9-7-2/h8,10,12-13,15-16,18-19,22,25,32-35,40-43,48H,6-7,9,11,14,17,20-21,23-24,26-31,36-39H2,1-5H3/b10-8-,13-12-,16-15-,19-18-,25-22-,34-33+/t40-,41-,42+,43+/m0/s1. The van der Waals surface area contributed by atoms with E-state index < -0.39 is 38.6 Å². The molecule has 0 heterocycles. The van der Waals surface area contributed by atoms with Crippen molar-refractivity contribution in [2.24, 2.45) is 11.8 Å². The number of aliphatic hydroxyl groups is 1. The second-order valence-electron chi connectivity index (χ2n) is 15.6. The molecule has 5 atom stereocenters. The zero-order valence-corrected chi connectivity index (χ0v) is 36.9. The molecule has 0 aromatic rings. The van der Waals surface area contributed by atoms with Gasteiger partial charge in [-0.25, -0.2) is 0 Å². The minimum Gasteiger partial charge on any atom is -0.756 e. The highest BCUT2D eigenvalue weighted by molar-refractivity contribution is 7.45. The van der Waals surface area contributed by atoms with Crippen molar-refractivity contribution < 1.29 is 52.0 Å². The van der Waals surface area contributed by atoms with Crippen LogP contribution >= 0.6 is 7.82 Å². The lowest BCUT2D eigenvalue weighted by Gasteiger charge is -2.28. The van der Waals surface area contributed by atoms with Gasteiger partial charge in [-0.1, -0.05) is 112 Å². The average Bonchev–Trinajstić information content (AvgIpc) is 3.52. The fourth-order valence-electron chi connectivity index (χ4n) is 5.69. The van der Waals surface area contributed by atoms with Crippen LogP contribution in [0.15, 0.2) is 85.1 Å². The van der Waals surface area contributed by atoms with Crippen LogP contribution in [0.5, 0.6) is 0 Å². The number of quaternary nitrogens is 1. The number of unbranched alkanes of at least 4 members (excludes halogenated alkanes) is 5. The van der Waals surface area contributed by atoms with Crippen molar-refractivity contribution in [1.82, 2.24) is 0 Å². The Labute approximate surface area is 349 Å². The second-order valence-corrected chi connectivity index (χ2v) is 17.0. The van der Waals surface area contributed by atoms with Crippen molar-refractivity contribution in [3.8, 4) is 0 Å². The zero-order chi connectivity index (χ0) is 42.9. The first kappa shape index (κ1) is 52.8. The minimum absolute atomic E-state index is 0.00949. The predicted octanol–water partition coefficient (Wildman–Crippen LogP) is 9.00. The lowest BCUT2D eigenvalue weighted by atomic mass is 9.90. The van der Waals surface area contributed by atoms with Crippen molar-refractivity contribution >= 4 is 25.5 Å². The Bertz CT molecular complexity index is 1410. The van der Waals surface area contributed by atoms with Gasteiger partial charge in [-0.2, -0.15) is 0 Å². The van der Waals surface area contributed by atoms with E-state index in [2.05, 4.69) is 62.5 Å². The number of hydrogen-bond acceptors (Lipinski definition) is 10. The maximum Gasteiger partial charge on any atom is 0.306 e. The summed E-state index contributed by atoms with van der Waals surface area (Å²) in [5.74, 6) is -1.30. The number of phosphoric ester groups is 1. The normalized spacial score (nSPS) is 18.5. The van der Waals surface area contributed by atoms with Gasteiger partial charge in [0, 0.05) is 18.8 Å². The van der Waals surface area contributed by atoms with E-state index in [0.717, 1.165) is 57.8 Å². The summed E-state index contributed by atoms with van der Waals surface area (Å²) in [6.45, 7) is 3.69. The fourth-order valence-corrected chi connectivity index (χ4v) is 6.42. The Morgan fingerprint density at radius 3 is 2.14 bits per heavy atom. The van der Waals surface area contributed by atoms with Gasteiger partial charge in [-0.05, 0) is 82.6 Å². The molecule has 0 bridgehead atoms. The van der Waals surface area contributed by atoms with Crippen LogP contribution in [0.4, 0.5) is 0 Å². The molecule has 0 radical (unpaired) electrons. The molecule has 328 valence electrons. The molecule has 0 fully saturated rings. The topological polar surface area (TPSA) is 148 Å². The van der Waals surface area contributed by atoms with Gasteiger partial charge in [0.2, 0.25) is 0 Å². The average molecular weight is 832 g/mol. The molecule has 1 aliphatic rings. The highest BCUT2D eigenvalue weighted by Gasteiger charge is 2.27. The molecular weight excluding hydrogens is 757 g/mol. The number of likely N-dealkylation sites (N-methyl/N-ethyl adjacent to an activating group) is 1. The molecule has 0 saturated heterocycles. The SMILES string of the molecule is CC/C=C\C/C=C\C/C=C\C/C=C\CCCCC(=O)OC[C@H](COP(=O)([O-])OCC[N+](C)(C)C)OC(=O)CCC/C=C\C[C@H]1C=CC(=O)[C@@H]1/C=C/[C@@H](O)CCCCC. The Hall–Kier alpha value is -3.18. The number of esters is 2. The minimum atomic E-state index is -4.70. The smallest absolute Gasteiger partial charge is 0.306 e. The van der Waals surface area contributed by atoms with Gasteiger partial charge in [0.05, 0.1) is 33.9 Å². The third kappa shape index (κ3) is 29.9. The van der Waals surface area contributed by atoms with Crippen LogP contribution in [0.2, 0.25) is 0 Å². The molecule has 0 spiro atoms. The van der Waals surface area contributed by atoms with Crippen LogP contribution in [0, 0.1) is 11.8 Å². The number of rotatable bonds is 34. The molecule has 12 heteroatoms. The highest BCUT2D eigenvalue weighted by atomic mass is 31.2. The number of aliphatic hydroxyl groups excluding tert-OH is 1. The Balaban J connectivity index is 2.53. The van der Waals surface area contributed by atoms with Gasteiger partial charge >= 0.3 is 11.9 Å². The summed E-state index contributed by atoms with van der Waals surface area (Å²) >= 11 is 0. The van der Waals surface area contributed by atoms with E-state index in [9.17, 15) is 28.9 Å². The summed E-state index contributed by atoms with van der Waals surface area (Å²) in [5, 5.41) is 10.2. The van der Waals surface area contributed by atoms with Crippen LogP contribution in [0.3, 0.4) is 0 Å². The number of phosphoric acid groups is 1. The zero-order valence-electron chi connectivity index (χ0n) is 36.1. The number of carbonyl (C=O) groups excluding carboxylic acids is 3. The molecule has 0 aromatic heterocycles. The molecule has 0 aromatic carbocycles. The van der Waals surface area contributed by atoms with Crippen molar-refractivity contribution in [3.05, 3.63) is 85.1 Å². The maximum atomic E-state index is 12.8. The van der Waals surface area contributed by atoms with Crippen molar-refractivity contribution in [2.75, 3.05) is 47.5 Å². The van der Waals surface area contributed by atoms with Crippen LogP contribution < -0.4 is 4.89 Å². The van der Waals surface area contributed by atoms with Gasteiger partial charge < -0.3 is 33.0 Å². The fraction of sp³-hybridized carbons (Fsp3) is 0.630. The lowest BCUT2D eigenvalue weighted by Crippen LogP contribution is -2.37. The Morgan fingerprint density at radius 2 is 1.47 bits per heavy atom. The molecule has 58 heavy (non-hydrogen) atoms. The number of allylic oxidation sites excluding steroid dienone is 13. The van der Waals surface area contributed by atoms with Crippen LogP contribution in [-0.4, -0.2) is 87.0 Å². The molecule has 11 nitrogen and oxygen atoms in total. The van der Waals surface area contributed by atoms with E-state index in [1.165, 1.54) is 0 Å². The second kappa shape index (κ2) is 32.6. The van der Waals surface area contributed by atoms with E-state index in [1.54, 1.807) is 12.2 Å². The first-order valence-corrected chi connectivity index (χ1v) is 22.8. The number of hydrogen-bond donors (Lipinski definition) is 1. The molecular formula is C46H74NO10P. The molecule has 1 rings (SSSR count). The Morgan fingerprint density at radius 1 is 0.828 bits per heavy atom. The summed E-state index contributed by atoms with van der Waals surface area (Å²) in [6, 6.07) is 0. The lowest BCUT2D eigenvalue weighted by molar-refractivity contribution is -0.870. The van der Waals surface area contributed by atoms with Crippen LogP contribution in [0.1, 0.15) is 117 Å². The summed E-state index contributed by atoms with van der Waals surface area (Å²) in [7, 11) is 1.00. The van der Waals surface area contributed by atoms with E-state index in [-0.39, 0.29) is 43.7 Å². The summed E-state index contributed by atoms with van der Waals surface area (Å²) in [6.07, 6.45) is 38.2. The first-order chi connectivity index (χ1) is 27.8.